The fourth-order valence-electron chi connectivity index (χ4n) is 3.94. The molecule has 1 saturated heterocycles. The van der Waals surface area contributed by atoms with Crippen LogP contribution in [0.5, 0.6) is 11.5 Å². The van der Waals surface area contributed by atoms with E-state index in [0.29, 0.717) is 43.4 Å². The molecule has 0 atom stereocenters. The molecule has 0 unspecified atom stereocenters. The minimum atomic E-state index is -3.49. The number of nitrogens with zero attached hydrogens (tertiary/aromatic N) is 5. The summed E-state index contributed by atoms with van der Waals surface area (Å²) in [7, 11) is -3.49. The van der Waals surface area contributed by atoms with Crippen LogP contribution in [0.25, 0.3) is 11.4 Å². The quantitative estimate of drug-likeness (QED) is 0.600. The van der Waals surface area contributed by atoms with Gasteiger partial charge in [-0.3, -0.25) is 4.57 Å². The van der Waals surface area contributed by atoms with Crippen molar-refractivity contribution in [3.63, 3.8) is 0 Å². The SMILES string of the molecule is CCn1c(-c2ccc3c(c2)OCO3)nnc1N1CCN(S(=O)(=O)c2ccccc2)CC1. The molecule has 0 saturated carbocycles. The zero-order chi connectivity index (χ0) is 21.4. The van der Waals surface area contributed by atoms with E-state index in [9.17, 15) is 8.42 Å². The van der Waals surface area contributed by atoms with Crippen molar-refractivity contribution in [2.45, 2.75) is 18.4 Å². The Bertz CT molecular complexity index is 1190. The van der Waals surface area contributed by atoms with Crippen molar-refractivity contribution in [3.05, 3.63) is 48.5 Å². The molecule has 0 bridgehead atoms. The number of rotatable bonds is 5. The van der Waals surface area contributed by atoms with Crippen LogP contribution >= 0.6 is 0 Å². The predicted octanol–water partition coefficient (Wildman–Crippen LogP) is 2.20. The highest BCUT2D eigenvalue weighted by molar-refractivity contribution is 7.89. The van der Waals surface area contributed by atoms with E-state index in [2.05, 4.69) is 15.1 Å². The highest BCUT2D eigenvalue weighted by Gasteiger charge is 2.30. The first-order valence-corrected chi connectivity index (χ1v) is 11.7. The second-order valence-electron chi connectivity index (χ2n) is 7.34. The number of benzene rings is 2. The van der Waals surface area contributed by atoms with Gasteiger partial charge in [0, 0.05) is 38.3 Å². The van der Waals surface area contributed by atoms with Crippen molar-refractivity contribution < 1.29 is 17.9 Å². The second-order valence-corrected chi connectivity index (χ2v) is 9.28. The maximum absolute atomic E-state index is 12.9. The largest absolute Gasteiger partial charge is 0.454 e. The normalized spacial score (nSPS) is 16.6. The lowest BCUT2D eigenvalue weighted by molar-refractivity contribution is 0.174. The third-order valence-corrected chi connectivity index (χ3v) is 7.49. The van der Waals surface area contributed by atoms with E-state index < -0.39 is 10.0 Å². The number of piperazine rings is 1. The average Bonchev–Trinajstić information content (AvgIpc) is 3.46. The zero-order valence-electron chi connectivity index (χ0n) is 17.1. The lowest BCUT2D eigenvalue weighted by Gasteiger charge is -2.34. The van der Waals surface area contributed by atoms with Crippen LogP contribution in [-0.4, -0.2) is 60.5 Å². The fourth-order valence-corrected chi connectivity index (χ4v) is 5.38. The minimum Gasteiger partial charge on any atom is -0.454 e. The summed E-state index contributed by atoms with van der Waals surface area (Å²) in [5.41, 5.74) is 0.898. The molecule has 2 aromatic carbocycles. The van der Waals surface area contributed by atoms with Gasteiger partial charge in [0.25, 0.3) is 0 Å². The van der Waals surface area contributed by atoms with E-state index >= 15 is 0 Å². The molecule has 1 aromatic heterocycles. The van der Waals surface area contributed by atoms with Crippen molar-refractivity contribution in [2.24, 2.45) is 0 Å². The highest BCUT2D eigenvalue weighted by atomic mass is 32.2. The summed E-state index contributed by atoms with van der Waals surface area (Å²) >= 11 is 0. The Morgan fingerprint density at radius 1 is 0.935 bits per heavy atom. The molecule has 5 rings (SSSR count). The Labute approximate surface area is 180 Å². The third-order valence-electron chi connectivity index (χ3n) is 5.58. The molecule has 0 aliphatic carbocycles. The summed E-state index contributed by atoms with van der Waals surface area (Å²) in [6.45, 7) is 4.84. The monoisotopic (exact) mass is 441 g/mol. The summed E-state index contributed by atoms with van der Waals surface area (Å²) in [5, 5.41) is 8.84. The molecule has 0 amide bonds. The Kier molecular flexibility index (Phi) is 5.03. The Hall–Kier alpha value is -3.11. The van der Waals surface area contributed by atoms with Crippen LogP contribution in [0.1, 0.15) is 6.92 Å². The van der Waals surface area contributed by atoms with Gasteiger partial charge in [-0.15, -0.1) is 10.2 Å². The van der Waals surface area contributed by atoms with Crippen molar-refractivity contribution in [3.8, 4) is 22.9 Å². The molecule has 0 radical (unpaired) electrons. The predicted molar refractivity (Wildman–Crippen MR) is 115 cm³/mol. The third kappa shape index (κ3) is 3.51. The van der Waals surface area contributed by atoms with Crippen molar-refractivity contribution in [1.82, 2.24) is 19.1 Å². The molecule has 10 heteroatoms. The van der Waals surface area contributed by atoms with Gasteiger partial charge in [0.05, 0.1) is 4.90 Å². The Balaban J connectivity index is 1.35. The first-order chi connectivity index (χ1) is 15.1. The van der Waals surface area contributed by atoms with E-state index in [1.165, 1.54) is 4.31 Å². The van der Waals surface area contributed by atoms with Gasteiger partial charge < -0.3 is 14.4 Å². The fraction of sp³-hybridized carbons (Fsp3) is 0.333. The molecular formula is C21H23N5O4S. The number of hydrogen-bond donors (Lipinski definition) is 0. The number of sulfonamides is 1. The lowest BCUT2D eigenvalue weighted by Crippen LogP contribution is -2.49. The van der Waals surface area contributed by atoms with E-state index in [1.807, 2.05) is 35.8 Å². The molecule has 2 aliphatic heterocycles. The molecule has 3 aromatic rings. The molecule has 31 heavy (non-hydrogen) atoms. The van der Waals surface area contributed by atoms with Gasteiger partial charge in [0.15, 0.2) is 17.3 Å². The van der Waals surface area contributed by atoms with Gasteiger partial charge >= 0.3 is 0 Å². The molecule has 2 aliphatic rings. The summed E-state index contributed by atoms with van der Waals surface area (Å²) in [4.78, 5) is 2.41. The van der Waals surface area contributed by atoms with Crippen LogP contribution in [-0.2, 0) is 16.6 Å². The summed E-state index contributed by atoms with van der Waals surface area (Å²) in [6.07, 6.45) is 0. The van der Waals surface area contributed by atoms with Crippen LogP contribution in [0.3, 0.4) is 0 Å². The number of hydrogen-bond acceptors (Lipinski definition) is 7. The smallest absolute Gasteiger partial charge is 0.243 e. The van der Waals surface area contributed by atoms with Gasteiger partial charge in [-0.25, -0.2) is 8.42 Å². The van der Waals surface area contributed by atoms with Crippen molar-refractivity contribution >= 4 is 16.0 Å². The summed E-state index contributed by atoms with van der Waals surface area (Å²) in [5.74, 6) is 2.91. The average molecular weight is 442 g/mol. The van der Waals surface area contributed by atoms with Crippen LogP contribution < -0.4 is 14.4 Å². The first kappa shape index (κ1) is 19.8. The van der Waals surface area contributed by atoms with Gasteiger partial charge in [-0.2, -0.15) is 4.31 Å². The van der Waals surface area contributed by atoms with Crippen LogP contribution in [0, 0.1) is 0 Å². The topological polar surface area (TPSA) is 89.8 Å². The molecule has 3 heterocycles. The second kappa shape index (κ2) is 7.86. The molecule has 1 fully saturated rings. The Morgan fingerprint density at radius 2 is 1.68 bits per heavy atom. The lowest BCUT2D eigenvalue weighted by atomic mass is 10.2. The van der Waals surface area contributed by atoms with Gasteiger partial charge in [0.2, 0.25) is 22.8 Å². The van der Waals surface area contributed by atoms with Crippen LogP contribution in [0.2, 0.25) is 0 Å². The van der Waals surface area contributed by atoms with E-state index in [0.717, 1.165) is 23.1 Å². The summed E-state index contributed by atoms with van der Waals surface area (Å²) in [6, 6.07) is 14.3. The number of aromatic nitrogens is 3. The highest BCUT2D eigenvalue weighted by Crippen LogP contribution is 2.36. The molecule has 9 nitrogen and oxygen atoms in total. The van der Waals surface area contributed by atoms with Crippen molar-refractivity contribution in [2.75, 3.05) is 37.9 Å². The zero-order valence-corrected chi connectivity index (χ0v) is 18.0. The molecule has 162 valence electrons. The van der Waals surface area contributed by atoms with E-state index in [-0.39, 0.29) is 6.79 Å². The first-order valence-electron chi connectivity index (χ1n) is 10.2. The van der Waals surface area contributed by atoms with Gasteiger partial charge in [-0.1, -0.05) is 18.2 Å². The number of fused-ring (bicyclic) bond motifs is 1. The van der Waals surface area contributed by atoms with Gasteiger partial charge in [-0.05, 0) is 37.3 Å². The van der Waals surface area contributed by atoms with E-state index in [4.69, 9.17) is 9.47 Å². The molecule has 0 spiro atoms. The van der Waals surface area contributed by atoms with Crippen molar-refractivity contribution in [1.29, 1.82) is 0 Å². The Morgan fingerprint density at radius 3 is 2.42 bits per heavy atom. The van der Waals surface area contributed by atoms with Crippen LogP contribution in [0.4, 0.5) is 5.95 Å². The van der Waals surface area contributed by atoms with Crippen LogP contribution in [0.15, 0.2) is 53.4 Å². The summed E-state index contributed by atoms with van der Waals surface area (Å²) < 4.78 is 40.2. The minimum absolute atomic E-state index is 0.223. The molecular weight excluding hydrogens is 418 g/mol. The maximum atomic E-state index is 12.9. The standard InChI is InChI=1S/C21H23N5O4S/c1-2-26-20(16-8-9-18-19(14-16)30-15-29-18)22-23-21(26)24-10-12-25(13-11-24)31(27,28)17-6-4-3-5-7-17/h3-9,14H,2,10-13,15H2,1H3. The molecule has 0 N–H and O–H groups in total. The number of anilines is 1. The van der Waals surface area contributed by atoms with Gasteiger partial charge in [0.1, 0.15) is 0 Å². The van der Waals surface area contributed by atoms with E-state index in [1.54, 1.807) is 24.3 Å². The maximum Gasteiger partial charge on any atom is 0.243 e. The number of ether oxygens (including phenoxy) is 2.